The molecule has 256 valence electrons. The largest absolute Gasteiger partial charge is 0.490 e. The van der Waals surface area contributed by atoms with Gasteiger partial charge in [-0.1, -0.05) is 42.5 Å². The SMILES string of the molecule is Cc1cc(OC(C)(F)C(F)I)cc([C@@](CNC(=O)N2CC(F)(F)C[C@@H]2N(C)O)(Cc2ccccc2)c2ccc(I)c(OC(C)C)c2)c1. The number of carbonyl (C=O) groups excluding carboxylic acids is 1. The number of aryl methyl sites for hydroxylation is 1. The van der Waals surface area contributed by atoms with Crippen LogP contribution < -0.4 is 14.8 Å². The van der Waals surface area contributed by atoms with E-state index >= 15 is 4.39 Å². The number of rotatable bonds is 12. The Kier molecular flexibility index (Phi) is 12.0. The summed E-state index contributed by atoms with van der Waals surface area (Å²) in [7, 11) is 1.22. The van der Waals surface area contributed by atoms with Crippen molar-refractivity contribution in [3.8, 4) is 11.5 Å². The van der Waals surface area contributed by atoms with Crippen LogP contribution in [0.25, 0.3) is 0 Å². The van der Waals surface area contributed by atoms with Crippen LogP contribution in [0.5, 0.6) is 11.5 Å². The summed E-state index contributed by atoms with van der Waals surface area (Å²) in [5.41, 5.74) is 1.80. The number of likely N-dealkylation sites (tertiary alicyclic amines) is 1. The summed E-state index contributed by atoms with van der Waals surface area (Å²) in [6, 6.07) is 19.5. The van der Waals surface area contributed by atoms with Gasteiger partial charge in [0.15, 0.2) is 0 Å². The van der Waals surface area contributed by atoms with Crippen molar-refractivity contribution in [1.29, 1.82) is 0 Å². The van der Waals surface area contributed by atoms with Crippen LogP contribution in [0.1, 0.15) is 49.4 Å². The highest BCUT2D eigenvalue weighted by Gasteiger charge is 2.49. The van der Waals surface area contributed by atoms with Crippen LogP contribution in [0.3, 0.4) is 0 Å². The van der Waals surface area contributed by atoms with Gasteiger partial charge in [-0.2, -0.15) is 9.45 Å². The van der Waals surface area contributed by atoms with Gasteiger partial charge in [0.25, 0.3) is 11.8 Å². The Hall–Kier alpha value is -2.37. The molecule has 7 nitrogen and oxygen atoms in total. The molecule has 0 bridgehead atoms. The normalized spacial score (nSPS) is 19.3. The van der Waals surface area contributed by atoms with Gasteiger partial charge >= 0.3 is 6.03 Å². The van der Waals surface area contributed by atoms with Gasteiger partial charge in [0.1, 0.15) is 17.7 Å². The number of amides is 2. The first kappa shape index (κ1) is 37.4. The zero-order valence-corrected chi connectivity index (χ0v) is 31.1. The molecule has 13 heteroatoms. The average Bonchev–Trinajstić information content (AvgIpc) is 3.31. The molecule has 1 fully saturated rings. The Morgan fingerprint density at radius 2 is 1.83 bits per heavy atom. The Labute approximate surface area is 300 Å². The van der Waals surface area contributed by atoms with Gasteiger partial charge in [-0.3, -0.25) is 0 Å². The minimum atomic E-state index is -3.19. The van der Waals surface area contributed by atoms with Crippen LogP contribution in [0.2, 0.25) is 0 Å². The first-order valence-corrected chi connectivity index (χ1v) is 17.4. The van der Waals surface area contributed by atoms with E-state index in [2.05, 4.69) is 27.9 Å². The molecule has 3 aromatic rings. The summed E-state index contributed by atoms with van der Waals surface area (Å²) in [6.07, 6.45) is -1.79. The molecule has 0 saturated carbocycles. The van der Waals surface area contributed by atoms with Gasteiger partial charge in [-0.05, 0) is 119 Å². The summed E-state index contributed by atoms with van der Waals surface area (Å²) in [5, 5.41) is 13.6. The molecule has 2 N–H and O–H groups in total. The first-order valence-electron chi connectivity index (χ1n) is 15.1. The monoisotopic (exact) mass is 883 g/mol. The molecule has 0 spiro atoms. The number of hydrogen-bond donors (Lipinski definition) is 2. The molecule has 1 saturated heterocycles. The van der Waals surface area contributed by atoms with Crippen molar-refractivity contribution in [2.24, 2.45) is 0 Å². The predicted octanol–water partition coefficient (Wildman–Crippen LogP) is 8.41. The summed E-state index contributed by atoms with van der Waals surface area (Å²) >= 11 is 3.50. The Balaban J connectivity index is 1.91. The third kappa shape index (κ3) is 9.21. The van der Waals surface area contributed by atoms with E-state index in [0.717, 1.165) is 26.5 Å². The van der Waals surface area contributed by atoms with Crippen LogP contribution in [0, 0.1) is 10.5 Å². The summed E-state index contributed by atoms with van der Waals surface area (Å²) in [5.74, 6) is -5.13. The molecule has 2 amide bonds. The molecule has 4 atom stereocenters. The zero-order valence-electron chi connectivity index (χ0n) is 26.7. The van der Waals surface area contributed by atoms with Crippen LogP contribution in [0.4, 0.5) is 22.4 Å². The number of urea groups is 1. The average molecular weight is 884 g/mol. The maximum atomic E-state index is 15.2. The lowest BCUT2D eigenvalue weighted by Crippen LogP contribution is -2.52. The number of halogens is 6. The molecule has 4 rings (SSSR count). The van der Waals surface area contributed by atoms with Crippen molar-refractivity contribution < 1.29 is 37.0 Å². The molecule has 3 aromatic carbocycles. The van der Waals surface area contributed by atoms with Crippen molar-refractivity contribution in [2.45, 2.75) is 74.2 Å². The van der Waals surface area contributed by atoms with Gasteiger partial charge in [0.2, 0.25) is 4.18 Å². The summed E-state index contributed by atoms with van der Waals surface area (Å²) in [6.45, 7) is 5.66. The standard InChI is InChI=1S/C34H39F4I2N3O4/c1-21(2)46-28-16-24(11-12-27(28)39)33(17-23-9-7-6-8-10-23,19-41-31(44)43-20-34(37,38)18-29(43)42(5)45)25-13-22(3)14-26(15-25)47-32(4,36)30(35)40/h6-16,21,29-30,45H,17-20H2,1-5H3,(H,41,44)/t29-,30?,32?,33-/m1/s1. The molecule has 1 aliphatic heterocycles. The predicted molar refractivity (Wildman–Crippen MR) is 189 cm³/mol. The molecule has 47 heavy (non-hydrogen) atoms. The van der Waals surface area contributed by atoms with Crippen LogP contribution >= 0.6 is 45.2 Å². The molecule has 0 aliphatic carbocycles. The number of hydroxylamine groups is 2. The van der Waals surface area contributed by atoms with Gasteiger partial charge < -0.3 is 24.9 Å². The van der Waals surface area contributed by atoms with Gasteiger partial charge in [0, 0.05) is 32.4 Å². The minimum absolute atomic E-state index is 0.0819. The number of ether oxygens (including phenoxy) is 2. The van der Waals surface area contributed by atoms with E-state index in [9.17, 15) is 23.2 Å². The zero-order chi connectivity index (χ0) is 34.7. The fourth-order valence-electron chi connectivity index (χ4n) is 5.75. The van der Waals surface area contributed by atoms with E-state index in [1.807, 2.05) is 68.4 Å². The lowest BCUT2D eigenvalue weighted by molar-refractivity contribution is -0.134. The number of nitrogens with zero attached hydrogens (tertiary/aromatic N) is 2. The molecule has 1 heterocycles. The maximum absolute atomic E-state index is 15.2. The van der Waals surface area contributed by atoms with Crippen molar-refractivity contribution in [3.63, 3.8) is 0 Å². The Morgan fingerprint density at radius 1 is 1.15 bits per heavy atom. The first-order chi connectivity index (χ1) is 21.9. The maximum Gasteiger partial charge on any atom is 0.318 e. The minimum Gasteiger partial charge on any atom is -0.490 e. The summed E-state index contributed by atoms with van der Waals surface area (Å²) in [4.78, 5) is 14.6. The number of hydrogen-bond acceptors (Lipinski definition) is 5. The highest BCUT2D eigenvalue weighted by molar-refractivity contribution is 14.1. The summed E-state index contributed by atoms with van der Waals surface area (Å²) < 4.78 is 68.9. The van der Waals surface area contributed by atoms with E-state index in [4.69, 9.17) is 9.47 Å². The van der Waals surface area contributed by atoms with Crippen LogP contribution in [-0.2, 0) is 11.8 Å². The van der Waals surface area contributed by atoms with E-state index < -0.39 is 46.5 Å². The number of carbonyl (C=O) groups is 1. The molecule has 1 aliphatic rings. The second-order valence-electron chi connectivity index (χ2n) is 12.4. The van der Waals surface area contributed by atoms with Gasteiger partial charge in [0.05, 0.1) is 16.2 Å². The molecular formula is C34H39F4I2N3O4. The molecule has 0 aromatic heterocycles. The smallest absolute Gasteiger partial charge is 0.318 e. The van der Waals surface area contributed by atoms with Crippen molar-refractivity contribution in [3.05, 3.63) is 92.6 Å². The van der Waals surface area contributed by atoms with Crippen LogP contribution in [-0.4, -0.2) is 69.6 Å². The third-order valence-corrected chi connectivity index (χ3v) is 9.99. The lowest BCUT2D eigenvalue weighted by Gasteiger charge is -2.38. The Bertz CT molecular complexity index is 1550. The van der Waals surface area contributed by atoms with Crippen molar-refractivity contribution in [1.82, 2.24) is 15.3 Å². The highest BCUT2D eigenvalue weighted by atomic mass is 127. The quantitative estimate of drug-likeness (QED) is 0.0828. The van der Waals surface area contributed by atoms with Crippen LogP contribution in [0.15, 0.2) is 66.7 Å². The Morgan fingerprint density at radius 3 is 2.45 bits per heavy atom. The molecular weight excluding hydrogens is 844 g/mol. The second kappa shape index (κ2) is 15.0. The number of nitrogens with one attached hydrogen (secondary N) is 1. The van der Waals surface area contributed by atoms with Gasteiger partial charge in [-0.15, -0.1) is 0 Å². The van der Waals surface area contributed by atoms with Crippen molar-refractivity contribution >= 4 is 51.2 Å². The topological polar surface area (TPSA) is 74.3 Å². The van der Waals surface area contributed by atoms with E-state index in [0.29, 0.717) is 28.4 Å². The van der Waals surface area contributed by atoms with Crippen molar-refractivity contribution in [2.75, 3.05) is 20.1 Å². The van der Waals surface area contributed by atoms with Gasteiger partial charge in [-0.25, -0.2) is 18.0 Å². The molecule has 2 unspecified atom stereocenters. The van der Waals surface area contributed by atoms with E-state index in [1.54, 1.807) is 19.1 Å². The lowest BCUT2D eigenvalue weighted by atomic mass is 9.70. The fraction of sp³-hybridized carbons (Fsp3) is 0.441. The van der Waals surface area contributed by atoms with E-state index in [-0.39, 0.29) is 18.4 Å². The number of benzene rings is 3. The molecule has 0 radical (unpaired) electrons. The second-order valence-corrected chi connectivity index (χ2v) is 14.6. The fourth-order valence-corrected chi connectivity index (χ4v) is 6.34. The number of alkyl halides is 5. The third-order valence-electron chi connectivity index (χ3n) is 7.98. The van der Waals surface area contributed by atoms with E-state index in [1.165, 1.54) is 29.6 Å². The highest BCUT2D eigenvalue weighted by Crippen LogP contribution is 2.42.